The summed E-state index contributed by atoms with van der Waals surface area (Å²) in [5, 5.41) is 9.48. The zero-order valence-electron chi connectivity index (χ0n) is 9.43. The van der Waals surface area contributed by atoms with Crippen LogP contribution in [0.2, 0.25) is 0 Å². The largest absolute Gasteiger partial charge is 0.480 e. The molecular formula is C12H15NO3. The molecule has 0 spiro atoms. The minimum absolute atomic E-state index is 0.187. The van der Waals surface area contributed by atoms with Crippen LogP contribution in [-0.4, -0.2) is 36.7 Å². The van der Waals surface area contributed by atoms with Gasteiger partial charge in [0.15, 0.2) is 5.54 Å². The summed E-state index contributed by atoms with van der Waals surface area (Å²) in [4.78, 5) is 13.3. The molecule has 1 unspecified atom stereocenters. The average molecular weight is 221 g/mol. The molecule has 0 fully saturated rings. The van der Waals surface area contributed by atoms with Crippen molar-refractivity contribution < 1.29 is 14.6 Å². The molecule has 1 N–H and O–H groups in total. The van der Waals surface area contributed by atoms with Gasteiger partial charge in [0.1, 0.15) is 0 Å². The van der Waals surface area contributed by atoms with Gasteiger partial charge >= 0.3 is 5.97 Å². The first kappa shape index (κ1) is 11.1. The van der Waals surface area contributed by atoms with Gasteiger partial charge in [0, 0.05) is 0 Å². The maximum atomic E-state index is 11.6. The van der Waals surface area contributed by atoms with E-state index in [1.807, 2.05) is 24.3 Å². The van der Waals surface area contributed by atoms with E-state index in [4.69, 9.17) is 4.74 Å². The molecule has 4 nitrogen and oxygen atoms in total. The van der Waals surface area contributed by atoms with Gasteiger partial charge in [-0.25, -0.2) is 4.79 Å². The van der Waals surface area contributed by atoms with E-state index in [0.717, 1.165) is 11.1 Å². The quantitative estimate of drug-likeness (QED) is 0.811. The molecule has 1 aliphatic rings. The molecular weight excluding hydrogens is 206 g/mol. The van der Waals surface area contributed by atoms with Gasteiger partial charge in [-0.3, -0.25) is 4.90 Å². The Morgan fingerprint density at radius 1 is 1.44 bits per heavy atom. The highest BCUT2D eigenvalue weighted by Gasteiger charge is 2.46. The lowest BCUT2D eigenvalue weighted by atomic mass is 9.84. The summed E-state index contributed by atoms with van der Waals surface area (Å²) < 4.78 is 5.41. The molecule has 0 radical (unpaired) electrons. The Kier molecular flexibility index (Phi) is 2.69. The van der Waals surface area contributed by atoms with Crippen molar-refractivity contribution in [2.45, 2.75) is 12.1 Å². The molecule has 86 valence electrons. The van der Waals surface area contributed by atoms with Crippen LogP contribution in [0.15, 0.2) is 24.3 Å². The van der Waals surface area contributed by atoms with Crippen molar-refractivity contribution in [1.82, 2.24) is 4.90 Å². The molecule has 16 heavy (non-hydrogen) atoms. The lowest BCUT2D eigenvalue weighted by molar-refractivity contribution is -0.157. The molecule has 1 aromatic carbocycles. The minimum Gasteiger partial charge on any atom is -0.480 e. The van der Waals surface area contributed by atoms with E-state index in [1.54, 1.807) is 19.0 Å². The number of aliphatic carboxylic acids is 1. The Morgan fingerprint density at radius 3 is 2.75 bits per heavy atom. The summed E-state index contributed by atoms with van der Waals surface area (Å²) in [6.45, 7) is 0.672. The maximum absolute atomic E-state index is 11.6. The topological polar surface area (TPSA) is 49.8 Å². The van der Waals surface area contributed by atoms with Crippen LogP contribution in [0.5, 0.6) is 0 Å². The molecule has 0 saturated carbocycles. The van der Waals surface area contributed by atoms with Crippen LogP contribution >= 0.6 is 0 Å². The fraction of sp³-hybridized carbons (Fsp3) is 0.417. The summed E-state index contributed by atoms with van der Waals surface area (Å²) in [6.07, 6.45) is 0. The highest BCUT2D eigenvalue weighted by molar-refractivity contribution is 5.82. The van der Waals surface area contributed by atoms with E-state index >= 15 is 0 Å². The Bertz CT molecular complexity index is 416. The van der Waals surface area contributed by atoms with Gasteiger partial charge in [0.25, 0.3) is 0 Å². The lowest BCUT2D eigenvalue weighted by Crippen LogP contribution is -2.54. The average Bonchev–Trinajstić information content (AvgIpc) is 2.27. The molecule has 4 heteroatoms. The van der Waals surface area contributed by atoms with Gasteiger partial charge in [-0.1, -0.05) is 24.3 Å². The number of fused-ring (bicyclic) bond motifs is 1. The standard InChI is InChI=1S/C12H15NO3/c1-13(2)12(11(14)15)8-16-7-9-5-3-4-6-10(9)12/h3-6H,7-8H2,1-2H3,(H,14,15). The maximum Gasteiger partial charge on any atom is 0.331 e. The summed E-state index contributed by atoms with van der Waals surface area (Å²) in [5.74, 6) is -0.871. The van der Waals surface area contributed by atoms with E-state index in [-0.39, 0.29) is 6.61 Å². The summed E-state index contributed by atoms with van der Waals surface area (Å²) >= 11 is 0. The predicted octanol–water partition coefficient (Wildman–Crippen LogP) is 1.06. The SMILES string of the molecule is CN(C)C1(C(=O)O)COCc2ccccc21. The predicted molar refractivity (Wildman–Crippen MR) is 59.1 cm³/mol. The zero-order valence-corrected chi connectivity index (χ0v) is 9.43. The van der Waals surface area contributed by atoms with E-state index < -0.39 is 11.5 Å². The van der Waals surface area contributed by atoms with Gasteiger partial charge < -0.3 is 9.84 Å². The molecule has 0 bridgehead atoms. The first-order valence-electron chi connectivity index (χ1n) is 5.16. The Morgan fingerprint density at radius 2 is 2.12 bits per heavy atom. The van der Waals surface area contributed by atoms with Crippen LogP contribution in [0.3, 0.4) is 0 Å². The highest BCUT2D eigenvalue weighted by atomic mass is 16.5. The van der Waals surface area contributed by atoms with Crippen molar-refractivity contribution in [1.29, 1.82) is 0 Å². The van der Waals surface area contributed by atoms with Crippen molar-refractivity contribution in [2.24, 2.45) is 0 Å². The number of hydrogen-bond donors (Lipinski definition) is 1. The van der Waals surface area contributed by atoms with Crippen molar-refractivity contribution in [2.75, 3.05) is 20.7 Å². The fourth-order valence-electron chi connectivity index (χ4n) is 2.17. The number of nitrogens with zero attached hydrogens (tertiary/aromatic N) is 1. The lowest BCUT2D eigenvalue weighted by Gasteiger charge is -2.40. The highest BCUT2D eigenvalue weighted by Crippen LogP contribution is 2.34. The molecule has 0 aromatic heterocycles. The van der Waals surface area contributed by atoms with E-state index in [2.05, 4.69) is 0 Å². The van der Waals surface area contributed by atoms with Crippen molar-refractivity contribution in [3.63, 3.8) is 0 Å². The number of carboxylic acids is 1. The first-order valence-corrected chi connectivity index (χ1v) is 5.16. The van der Waals surface area contributed by atoms with Gasteiger partial charge in [0.2, 0.25) is 0 Å². The number of likely N-dealkylation sites (N-methyl/N-ethyl adjacent to an activating group) is 1. The van der Waals surface area contributed by atoms with Gasteiger partial charge in [0.05, 0.1) is 13.2 Å². The van der Waals surface area contributed by atoms with Crippen LogP contribution in [0.1, 0.15) is 11.1 Å². The van der Waals surface area contributed by atoms with Crippen molar-refractivity contribution in [3.8, 4) is 0 Å². The Balaban J connectivity index is 2.61. The Hall–Kier alpha value is -1.39. The van der Waals surface area contributed by atoms with Crippen LogP contribution in [-0.2, 0) is 21.7 Å². The molecule has 1 heterocycles. The molecule has 2 rings (SSSR count). The number of carboxylic acid groups (broad SMARTS) is 1. The van der Waals surface area contributed by atoms with E-state index in [9.17, 15) is 9.90 Å². The monoisotopic (exact) mass is 221 g/mol. The van der Waals surface area contributed by atoms with Gasteiger partial charge in [-0.2, -0.15) is 0 Å². The number of carbonyl (C=O) groups is 1. The molecule has 0 aliphatic carbocycles. The number of hydrogen-bond acceptors (Lipinski definition) is 3. The molecule has 1 atom stereocenters. The third-order valence-corrected chi connectivity index (χ3v) is 3.15. The molecule has 1 aliphatic heterocycles. The second-order valence-corrected chi connectivity index (χ2v) is 4.21. The van der Waals surface area contributed by atoms with E-state index in [0.29, 0.717) is 6.61 Å². The normalized spacial score (nSPS) is 24.2. The summed E-state index contributed by atoms with van der Waals surface area (Å²) in [5.41, 5.74) is 0.720. The molecule has 0 saturated heterocycles. The van der Waals surface area contributed by atoms with E-state index in [1.165, 1.54) is 0 Å². The summed E-state index contributed by atoms with van der Waals surface area (Å²) in [6, 6.07) is 7.54. The van der Waals surface area contributed by atoms with Crippen LogP contribution in [0, 0.1) is 0 Å². The number of rotatable bonds is 2. The second-order valence-electron chi connectivity index (χ2n) is 4.21. The first-order chi connectivity index (χ1) is 7.59. The third kappa shape index (κ3) is 1.42. The van der Waals surface area contributed by atoms with Crippen LogP contribution < -0.4 is 0 Å². The Labute approximate surface area is 94.4 Å². The smallest absolute Gasteiger partial charge is 0.331 e. The van der Waals surface area contributed by atoms with Crippen LogP contribution in [0.25, 0.3) is 0 Å². The van der Waals surface area contributed by atoms with Crippen LogP contribution in [0.4, 0.5) is 0 Å². The fourth-order valence-corrected chi connectivity index (χ4v) is 2.17. The number of ether oxygens (including phenoxy) is 1. The second kappa shape index (κ2) is 3.88. The summed E-state index contributed by atoms with van der Waals surface area (Å²) in [7, 11) is 3.53. The molecule has 1 aromatic rings. The zero-order chi connectivity index (χ0) is 11.8. The number of benzene rings is 1. The van der Waals surface area contributed by atoms with Gasteiger partial charge in [-0.05, 0) is 25.2 Å². The van der Waals surface area contributed by atoms with Crippen molar-refractivity contribution in [3.05, 3.63) is 35.4 Å². The minimum atomic E-state index is -1.06. The molecule has 0 amide bonds. The third-order valence-electron chi connectivity index (χ3n) is 3.15. The van der Waals surface area contributed by atoms with Crippen molar-refractivity contribution >= 4 is 5.97 Å². The van der Waals surface area contributed by atoms with Gasteiger partial charge in [-0.15, -0.1) is 0 Å².